The summed E-state index contributed by atoms with van der Waals surface area (Å²) >= 11 is 0. The molecule has 2 heterocycles. The average Bonchev–Trinajstić information content (AvgIpc) is 2.96. The van der Waals surface area contributed by atoms with Gasteiger partial charge >= 0.3 is 5.97 Å². The molecule has 0 atom stereocenters. The van der Waals surface area contributed by atoms with Gasteiger partial charge < -0.3 is 4.74 Å². The number of para-hydroxylation sites is 2. The summed E-state index contributed by atoms with van der Waals surface area (Å²) in [5, 5.41) is 4.17. The second-order valence-corrected chi connectivity index (χ2v) is 4.52. The molecule has 0 saturated heterocycles. The van der Waals surface area contributed by atoms with Crippen molar-refractivity contribution >= 4 is 17.0 Å². The lowest BCUT2D eigenvalue weighted by molar-refractivity contribution is 0.0526. The van der Waals surface area contributed by atoms with Crippen molar-refractivity contribution < 1.29 is 9.53 Å². The number of carbonyl (C=O) groups excluding carboxylic acids is 1. The first-order valence-corrected chi connectivity index (χ1v) is 6.64. The lowest BCUT2D eigenvalue weighted by Gasteiger charge is -2.06. The number of fused-ring (bicyclic) bond motifs is 1. The standard InChI is InChI=1S/C15H14N4O2/c1-3-21-15(20)11-8-16-19(9-11)14-10(2)17-12-6-4-5-7-13(12)18-14/h4-9H,3H2,1-2H3. The van der Waals surface area contributed by atoms with E-state index in [9.17, 15) is 4.79 Å². The first-order chi connectivity index (χ1) is 10.2. The number of aromatic nitrogens is 4. The van der Waals surface area contributed by atoms with E-state index in [0.717, 1.165) is 16.7 Å². The molecule has 3 rings (SSSR count). The van der Waals surface area contributed by atoms with Gasteiger partial charge in [0.1, 0.15) is 0 Å². The summed E-state index contributed by atoms with van der Waals surface area (Å²) in [4.78, 5) is 20.7. The summed E-state index contributed by atoms with van der Waals surface area (Å²) in [6.07, 6.45) is 3.07. The minimum absolute atomic E-state index is 0.332. The van der Waals surface area contributed by atoms with Crippen LogP contribution in [0.5, 0.6) is 0 Å². The number of ether oxygens (including phenoxy) is 1. The second kappa shape index (κ2) is 5.32. The van der Waals surface area contributed by atoms with Gasteiger partial charge in [-0.05, 0) is 26.0 Å². The fourth-order valence-electron chi connectivity index (χ4n) is 2.05. The molecular formula is C15H14N4O2. The van der Waals surface area contributed by atoms with E-state index in [4.69, 9.17) is 4.74 Å². The van der Waals surface area contributed by atoms with Crippen LogP contribution in [0, 0.1) is 6.92 Å². The minimum Gasteiger partial charge on any atom is -0.462 e. The molecular weight excluding hydrogens is 268 g/mol. The fourth-order valence-corrected chi connectivity index (χ4v) is 2.05. The molecule has 0 spiro atoms. The van der Waals surface area contributed by atoms with Crippen LogP contribution in [0.1, 0.15) is 23.0 Å². The van der Waals surface area contributed by atoms with E-state index in [1.165, 1.54) is 6.20 Å². The Hall–Kier alpha value is -2.76. The lowest BCUT2D eigenvalue weighted by Crippen LogP contribution is -2.05. The smallest absolute Gasteiger partial charge is 0.341 e. The minimum atomic E-state index is -0.393. The van der Waals surface area contributed by atoms with Crippen LogP contribution in [-0.4, -0.2) is 32.3 Å². The van der Waals surface area contributed by atoms with Crippen LogP contribution in [0.4, 0.5) is 0 Å². The molecule has 1 aromatic carbocycles. The largest absolute Gasteiger partial charge is 0.462 e. The van der Waals surface area contributed by atoms with E-state index >= 15 is 0 Å². The zero-order chi connectivity index (χ0) is 14.8. The highest BCUT2D eigenvalue weighted by atomic mass is 16.5. The summed E-state index contributed by atoms with van der Waals surface area (Å²) < 4.78 is 6.49. The first-order valence-electron chi connectivity index (χ1n) is 6.64. The predicted octanol–water partition coefficient (Wildman–Crippen LogP) is 2.30. The van der Waals surface area contributed by atoms with Crippen molar-refractivity contribution in [2.75, 3.05) is 6.61 Å². The molecule has 0 radical (unpaired) electrons. The Balaban J connectivity index is 2.04. The molecule has 0 amide bonds. The van der Waals surface area contributed by atoms with Gasteiger partial charge in [-0.15, -0.1) is 0 Å². The molecule has 0 aliphatic carbocycles. The van der Waals surface area contributed by atoms with Gasteiger partial charge in [-0.3, -0.25) is 0 Å². The molecule has 21 heavy (non-hydrogen) atoms. The third kappa shape index (κ3) is 2.47. The zero-order valence-corrected chi connectivity index (χ0v) is 11.8. The van der Waals surface area contributed by atoms with Crippen molar-refractivity contribution in [2.24, 2.45) is 0 Å². The van der Waals surface area contributed by atoms with Crippen molar-refractivity contribution in [3.8, 4) is 5.82 Å². The van der Waals surface area contributed by atoms with Crippen molar-refractivity contribution in [3.05, 3.63) is 47.9 Å². The Bertz CT molecular complexity index is 810. The van der Waals surface area contributed by atoms with E-state index in [2.05, 4.69) is 15.1 Å². The maximum absolute atomic E-state index is 11.7. The van der Waals surface area contributed by atoms with E-state index in [-0.39, 0.29) is 0 Å². The van der Waals surface area contributed by atoms with Crippen LogP contribution in [0.15, 0.2) is 36.7 Å². The van der Waals surface area contributed by atoms with Crippen molar-refractivity contribution in [1.82, 2.24) is 19.7 Å². The molecule has 6 nitrogen and oxygen atoms in total. The monoisotopic (exact) mass is 282 g/mol. The Morgan fingerprint density at radius 2 is 1.95 bits per heavy atom. The Morgan fingerprint density at radius 1 is 1.24 bits per heavy atom. The zero-order valence-electron chi connectivity index (χ0n) is 11.8. The van der Waals surface area contributed by atoms with Crippen LogP contribution in [-0.2, 0) is 4.74 Å². The predicted molar refractivity (Wildman–Crippen MR) is 77.4 cm³/mol. The molecule has 2 aromatic heterocycles. The summed E-state index contributed by atoms with van der Waals surface area (Å²) in [5.74, 6) is 0.208. The van der Waals surface area contributed by atoms with Gasteiger partial charge in [0.15, 0.2) is 5.82 Å². The van der Waals surface area contributed by atoms with E-state index in [1.807, 2.05) is 31.2 Å². The third-order valence-electron chi connectivity index (χ3n) is 3.03. The number of esters is 1. The Morgan fingerprint density at radius 3 is 2.67 bits per heavy atom. The average molecular weight is 282 g/mol. The number of aryl methyl sites for hydroxylation is 1. The molecule has 0 unspecified atom stereocenters. The molecule has 106 valence electrons. The number of nitrogens with zero attached hydrogens (tertiary/aromatic N) is 4. The number of rotatable bonds is 3. The maximum atomic E-state index is 11.7. The molecule has 0 saturated carbocycles. The molecule has 0 aliphatic rings. The van der Waals surface area contributed by atoms with Gasteiger partial charge in [0.05, 0.1) is 35.1 Å². The van der Waals surface area contributed by atoms with Crippen LogP contribution < -0.4 is 0 Å². The summed E-state index contributed by atoms with van der Waals surface area (Å²) in [6.45, 7) is 3.96. The quantitative estimate of drug-likeness (QED) is 0.689. The van der Waals surface area contributed by atoms with Gasteiger partial charge in [-0.1, -0.05) is 12.1 Å². The fraction of sp³-hybridized carbons (Fsp3) is 0.200. The summed E-state index contributed by atoms with van der Waals surface area (Å²) in [5.41, 5.74) is 2.75. The molecule has 3 aromatic rings. The topological polar surface area (TPSA) is 69.9 Å². The van der Waals surface area contributed by atoms with E-state index in [0.29, 0.717) is 18.0 Å². The van der Waals surface area contributed by atoms with Crippen LogP contribution in [0.2, 0.25) is 0 Å². The van der Waals surface area contributed by atoms with Crippen molar-refractivity contribution in [1.29, 1.82) is 0 Å². The normalized spacial score (nSPS) is 10.8. The van der Waals surface area contributed by atoms with Crippen LogP contribution in [0.25, 0.3) is 16.9 Å². The van der Waals surface area contributed by atoms with Crippen molar-refractivity contribution in [2.45, 2.75) is 13.8 Å². The number of hydrogen-bond acceptors (Lipinski definition) is 5. The molecule has 0 fully saturated rings. The molecule has 0 N–H and O–H groups in total. The highest BCUT2D eigenvalue weighted by molar-refractivity contribution is 5.88. The highest BCUT2D eigenvalue weighted by Crippen LogP contribution is 2.15. The van der Waals surface area contributed by atoms with Crippen molar-refractivity contribution in [3.63, 3.8) is 0 Å². The first kappa shape index (κ1) is 13.2. The summed E-state index contributed by atoms with van der Waals surface area (Å²) in [7, 11) is 0. The van der Waals surface area contributed by atoms with Gasteiger partial charge in [0.2, 0.25) is 0 Å². The number of carbonyl (C=O) groups is 1. The lowest BCUT2D eigenvalue weighted by atomic mass is 10.3. The van der Waals surface area contributed by atoms with E-state index in [1.54, 1.807) is 17.8 Å². The van der Waals surface area contributed by atoms with Crippen LogP contribution in [0.3, 0.4) is 0 Å². The van der Waals surface area contributed by atoms with Gasteiger partial charge in [-0.25, -0.2) is 19.4 Å². The second-order valence-electron chi connectivity index (χ2n) is 4.52. The molecule has 0 bridgehead atoms. The molecule has 0 aliphatic heterocycles. The third-order valence-corrected chi connectivity index (χ3v) is 3.03. The highest BCUT2D eigenvalue weighted by Gasteiger charge is 2.13. The summed E-state index contributed by atoms with van der Waals surface area (Å²) in [6, 6.07) is 7.62. The maximum Gasteiger partial charge on any atom is 0.341 e. The molecule has 6 heteroatoms. The van der Waals surface area contributed by atoms with Gasteiger partial charge in [-0.2, -0.15) is 5.10 Å². The van der Waals surface area contributed by atoms with E-state index < -0.39 is 5.97 Å². The Kier molecular flexibility index (Phi) is 3.35. The number of hydrogen-bond donors (Lipinski definition) is 0. The van der Waals surface area contributed by atoms with Gasteiger partial charge in [0.25, 0.3) is 0 Å². The van der Waals surface area contributed by atoms with Gasteiger partial charge in [0, 0.05) is 6.20 Å². The Labute approximate surface area is 121 Å². The van der Waals surface area contributed by atoms with Crippen LogP contribution >= 0.6 is 0 Å². The SMILES string of the molecule is CCOC(=O)c1cnn(-c2nc3ccccc3nc2C)c1. The number of benzene rings is 1.